The van der Waals surface area contributed by atoms with E-state index < -0.39 is 144 Å². The normalized spacial score (nSPS) is 14.9. The van der Waals surface area contributed by atoms with E-state index in [2.05, 4.69) is 67.9 Å². The van der Waals surface area contributed by atoms with Crippen LogP contribution in [0.4, 0.5) is 0 Å². The minimum Gasteiger partial charge on any atom is -0.396 e. The predicted molar refractivity (Wildman–Crippen MR) is 382 cm³/mol. The maximum atomic E-state index is 13.8. The average molecular weight is 1440 g/mol. The molecule has 0 saturated carbocycles. The predicted octanol–water partition coefficient (Wildman–Crippen LogP) is -5.19. The van der Waals surface area contributed by atoms with Crippen molar-refractivity contribution in [2.45, 2.75) is 228 Å². The SMILES string of the molecule is NCCCCC(NN)C(=O)N[C@@H](CCCCN)C(=O)NC(CCCCN)C(=O)N[C@@H](CCCCN)C(=O)NC(CO)C(=O)N[C@H](C=O)CS.NCCCC[C@H](CC(=O)[C@H](CCCCN)NC(=O)[C@H](CCCCN)CC(=O)[C@H](CCCCN)NC(=O)[C@H](CO)CC(=O)[C@@H](N)CS)C(N)=O. The highest BCUT2D eigenvalue weighted by atomic mass is 32.1. The van der Waals surface area contributed by atoms with Crippen molar-refractivity contribution in [3.8, 4) is 0 Å². The summed E-state index contributed by atoms with van der Waals surface area (Å²) in [4.78, 5) is 156. The van der Waals surface area contributed by atoms with Gasteiger partial charge in [0.15, 0.2) is 17.3 Å². The van der Waals surface area contributed by atoms with E-state index in [1.165, 1.54) is 0 Å². The average Bonchev–Trinajstić information content (AvgIpc) is 0.935. The summed E-state index contributed by atoms with van der Waals surface area (Å²) in [5.74, 6) is -3.25. The summed E-state index contributed by atoms with van der Waals surface area (Å²) in [5.41, 5.74) is 58.8. The van der Waals surface area contributed by atoms with Crippen molar-refractivity contribution in [1.82, 2.24) is 42.6 Å². The molecule has 8 amide bonds. The zero-order valence-corrected chi connectivity index (χ0v) is 59.4. The quantitative estimate of drug-likeness (QED) is 0.00890. The molecule has 0 fully saturated rings. The second-order valence-corrected chi connectivity index (χ2v) is 25.2. The first kappa shape index (κ1) is 94.7. The van der Waals surface area contributed by atoms with Gasteiger partial charge in [0.25, 0.3) is 0 Å². The summed E-state index contributed by atoms with van der Waals surface area (Å²) in [6, 6.07) is -9.19. The molecule has 0 aliphatic carbocycles. The molecule has 0 bridgehead atoms. The molecule has 0 aromatic heterocycles. The van der Waals surface area contributed by atoms with Gasteiger partial charge in [-0.3, -0.25) is 58.6 Å². The molecule has 12 atom stereocenters. The number of aldehydes is 1. The summed E-state index contributed by atoms with van der Waals surface area (Å²) >= 11 is 7.99. The van der Waals surface area contributed by atoms with Crippen LogP contribution in [0, 0.1) is 17.8 Å². The van der Waals surface area contributed by atoms with Crippen LogP contribution in [0.1, 0.15) is 173 Å². The summed E-state index contributed by atoms with van der Waals surface area (Å²) in [6.07, 6.45) is 11.2. The number of hydrazine groups is 1. The number of amides is 8. The number of ketones is 3. The highest BCUT2D eigenvalue weighted by Gasteiger charge is 2.35. The second kappa shape index (κ2) is 60.4. The van der Waals surface area contributed by atoms with E-state index in [4.69, 9.17) is 63.2 Å². The molecule has 0 rings (SSSR count). The Morgan fingerprint density at radius 1 is 0.337 bits per heavy atom. The van der Waals surface area contributed by atoms with Gasteiger partial charge in [0.2, 0.25) is 47.3 Å². The largest absolute Gasteiger partial charge is 0.396 e. The first-order valence-corrected chi connectivity index (χ1v) is 35.9. The van der Waals surface area contributed by atoms with Gasteiger partial charge in [0.05, 0.1) is 49.3 Å². The summed E-state index contributed by atoms with van der Waals surface area (Å²) < 4.78 is 0. The lowest BCUT2D eigenvalue weighted by Crippen LogP contribution is -2.59. The molecular weight excluding hydrogens is 1310 g/mol. The third kappa shape index (κ3) is 42.7. The summed E-state index contributed by atoms with van der Waals surface area (Å²) in [5, 5.41) is 38.1. The molecule has 0 aliphatic heterocycles. The van der Waals surface area contributed by atoms with Crippen LogP contribution in [0.2, 0.25) is 0 Å². The fraction of sp³-hybridized carbons (Fsp3) is 0.810. The number of hydrogen-bond acceptors (Lipinski definition) is 27. The van der Waals surface area contributed by atoms with E-state index in [1.54, 1.807) is 0 Å². The lowest BCUT2D eigenvalue weighted by Gasteiger charge is -2.27. The van der Waals surface area contributed by atoms with Crippen molar-refractivity contribution in [2.75, 3.05) is 77.1 Å². The fourth-order valence-corrected chi connectivity index (χ4v) is 10.6. The highest BCUT2D eigenvalue weighted by molar-refractivity contribution is 7.80. The van der Waals surface area contributed by atoms with Crippen LogP contribution < -0.4 is 106 Å². The number of hydrogen-bond donors (Lipinski definition) is 23. The Balaban J connectivity index is 0. The maximum Gasteiger partial charge on any atom is 0.245 e. The topological polar surface area (TPSA) is 628 Å². The fourth-order valence-electron chi connectivity index (χ4n) is 10.2. The van der Waals surface area contributed by atoms with E-state index in [0.29, 0.717) is 187 Å². The summed E-state index contributed by atoms with van der Waals surface area (Å²) in [6.45, 7) is 1.74. The van der Waals surface area contributed by atoms with Gasteiger partial charge in [0, 0.05) is 42.6 Å². The van der Waals surface area contributed by atoms with Gasteiger partial charge >= 0.3 is 0 Å². The lowest BCUT2D eigenvalue weighted by molar-refractivity contribution is -0.136. The van der Waals surface area contributed by atoms with Crippen molar-refractivity contribution >= 4 is 96.2 Å². The number of carbonyl (C=O) groups is 12. The Kier molecular flexibility index (Phi) is 58.3. The van der Waals surface area contributed by atoms with Gasteiger partial charge in [-0.25, -0.2) is 5.43 Å². The minimum atomic E-state index is -1.41. The van der Waals surface area contributed by atoms with E-state index in [-0.39, 0.29) is 62.2 Å². The maximum absolute atomic E-state index is 13.8. The first-order chi connectivity index (χ1) is 47.0. The standard InChI is InChI=1S/C33H64N8O7S.C30H61N11O7S/c34-13-5-1-9-22(31(39)46)17-29(44)26(11-3-7-15-36)40-32(47)23(10-2-6-14-35)18-30(45)27(12-4-8-16-37)41-33(48)24(20-42)19-28(43)25(38)21-49;31-13-5-1-9-21(37-27(45)22(10-2-6-14-32)39-29(47)24(41-35)12-4-8-16-34)26(44)38-23(11-3-7-15-33)28(46)40-25(18-43)30(48)36-20(17-42)19-49/h22-27,42,49H,1-21,34-38H2,(H2,39,46)(H,40,47)(H,41,48);17,20-25,41,43,49H,1-16,18-19,31-35H2,(H,36,48)(H,37,45)(H,38,44)(H,39,47)(H,40,46)/t22-,23-,24+,25+,26+,27+;20-,21?,22+,23+,24?,25?/m11/s1. The zero-order chi connectivity index (χ0) is 74.2. The van der Waals surface area contributed by atoms with Crippen LogP contribution >= 0.6 is 25.3 Å². The number of nitrogens with two attached hydrogens (primary N) is 11. The van der Waals surface area contributed by atoms with Gasteiger partial charge in [0.1, 0.15) is 30.5 Å². The molecule has 0 aromatic carbocycles. The van der Waals surface area contributed by atoms with Crippen LogP contribution in [0.25, 0.3) is 0 Å². The summed E-state index contributed by atoms with van der Waals surface area (Å²) in [7, 11) is 0. The number of rotatable bonds is 62. The van der Waals surface area contributed by atoms with E-state index >= 15 is 0 Å². The van der Waals surface area contributed by atoms with Gasteiger partial charge in [-0.05, 0) is 187 Å². The van der Waals surface area contributed by atoms with E-state index in [1.807, 2.05) is 0 Å². The Labute approximate surface area is 589 Å². The second-order valence-electron chi connectivity index (χ2n) is 24.5. The molecule has 568 valence electrons. The minimum absolute atomic E-state index is 0.00715. The van der Waals surface area contributed by atoms with Crippen LogP contribution in [0.3, 0.4) is 0 Å². The molecule has 0 spiro atoms. The van der Waals surface area contributed by atoms with Gasteiger partial charge in [-0.15, -0.1) is 0 Å². The number of aliphatic hydroxyl groups is 2. The van der Waals surface area contributed by atoms with E-state index in [9.17, 15) is 67.7 Å². The number of unbranched alkanes of at least 4 members (excludes halogenated alkanes) is 8. The molecule has 0 radical (unpaired) electrons. The van der Waals surface area contributed by atoms with Gasteiger partial charge in [-0.1, -0.05) is 19.3 Å². The molecule has 33 nitrogen and oxygen atoms in total. The van der Waals surface area contributed by atoms with Crippen molar-refractivity contribution in [3.63, 3.8) is 0 Å². The van der Waals surface area contributed by atoms with Gasteiger partial charge < -0.3 is 110 Å². The molecule has 0 aliphatic rings. The number of nitrogens with one attached hydrogen (secondary N) is 8. The number of aliphatic hydroxyl groups excluding tert-OH is 2. The smallest absolute Gasteiger partial charge is 0.245 e. The van der Waals surface area contributed by atoms with Crippen molar-refractivity contribution < 1.29 is 67.7 Å². The molecular formula is C63H125N19O14S2. The zero-order valence-electron chi connectivity index (χ0n) is 57.6. The van der Waals surface area contributed by atoms with Crippen molar-refractivity contribution in [1.29, 1.82) is 0 Å². The molecule has 35 heteroatoms. The Morgan fingerprint density at radius 3 is 0.939 bits per heavy atom. The van der Waals surface area contributed by atoms with Crippen LogP contribution in [0.5, 0.6) is 0 Å². The molecule has 98 heavy (non-hydrogen) atoms. The third-order valence-corrected chi connectivity index (χ3v) is 17.1. The lowest BCUT2D eigenvalue weighted by atomic mass is 9.89. The Morgan fingerprint density at radius 2 is 0.622 bits per heavy atom. The Hall–Kier alpha value is -5.38. The third-order valence-electron chi connectivity index (χ3n) is 16.3. The molecule has 0 aromatic rings. The van der Waals surface area contributed by atoms with Crippen molar-refractivity contribution in [3.05, 3.63) is 0 Å². The van der Waals surface area contributed by atoms with Crippen molar-refractivity contribution in [2.24, 2.45) is 80.9 Å². The van der Waals surface area contributed by atoms with Crippen LogP contribution in [-0.2, 0) is 57.5 Å². The van der Waals surface area contributed by atoms with E-state index in [0.717, 1.165) is 0 Å². The monoisotopic (exact) mass is 1440 g/mol. The number of thiol groups is 2. The van der Waals surface area contributed by atoms with Crippen LogP contribution in [0.15, 0.2) is 0 Å². The molecule has 0 saturated heterocycles. The highest BCUT2D eigenvalue weighted by Crippen LogP contribution is 2.21. The van der Waals surface area contributed by atoms with Gasteiger partial charge in [-0.2, -0.15) is 25.3 Å². The molecule has 3 unspecified atom stereocenters. The first-order valence-electron chi connectivity index (χ1n) is 34.7. The number of primary amides is 1. The molecule has 0 heterocycles. The Bertz CT molecular complexity index is 2290. The molecule has 32 N–H and O–H groups in total. The number of carbonyl (C=O) groups excluding carboxylic acids is 12. The number of Topliss-reactive ketones (excluding diaryl/α,β-unsaturated/α-hetero) is 3. The van der Waals surface area contributed by atoms with Crippen LogP contribution in [-0.4, -0.2) is 213 Å².